The molecule has 4 nitrogen and oxygen atoms in total. The van der Waals surface area contributed by atoms with Gasteiger partial charge < -0.3 is 10.2 Å². The first kappa shape index (κ1) is 17.5. The van der Waals surface area contributed by atoms with Crippen molar-refractivity contribution in [1.29, 1.82) is 0 Å². The minimum absolute atomic E-state index is 0.633. The summed E-state index contributed by atoms with van der Waals surface area (Å²) in [4.78, 5) is 11.6. The zero-order valence-corrected chi connectivity index (χ0v) is 16.0. The highest BCUT2D eigenvalue weighted by Crippen LogP contribution is 2.25. The lowest BCUT2D eigenvalue weighted by Gasteiger charge is -2.37. The summed E-state index contributed by atoms with van der Waals surface area (Å²) in [5, 5.41) is 3.95. The molecule has 0 radical (unpaired) electrons. The lowest BCUT2D eigenvalue weighted by Crippen LogP contribution is -2.48. The van der Waals surface area contributed by atoms with Gasteiger partial charge in [-0.2, -0.15) is 0 Å². The number of piperidine rings is 1. The maximum Gasteiger partial charge on any atom is 0.135 e. The fraction of sp³-hybridized carbons (Fsp3) is 0.545. The zero-order valence-electron chi connectivity index (χ0n) is 16.0. The molecule has 0 saturated carbocycles. The number of hydrogen-bond donors (Lipinski definition) is 1. The molecule has 1 fully saturated rings. The average Bonchev–Trinajstić information content (AvgIpc) is 2.68. The molecule has 1 aliphatic carbocycles. The van der Waals surface area contributed by atoms with E-state index in [1.54, 1.807) is 5.56 Å². The predicted molar refractivity (Wildman–Crippen MR) is 107 cm³/mol. The third-order valence-corrected chi connectivity index (χ3v) is 5.96. The average molecular weight is 351 g/mol. The summed E-state index contributed by atoms with van der Waals surface area (Å²) in [5.41, 5.74) is 4.36. The topological polar surface area (TPSA) is 41.1 Å². The second kappa shape index (κ2) is 7.75. The summed E-state index contributed by atoms with van der Waals surface area (Å²) >= 11 is 0. The molecule has 2 aliphatic rings. The van der Waals surface area contributed by atoms with Gasteiger partial charge in [0.25, 0.3) is 0 Å². The van der Waals surface area contributed by atoms with Crippen molar-refractivity contribution in [2.75, 3.05) is 18.0 Å². The monoisotopic (exact) mass is 350 g/mol. The van der Waals surface area contributed by atoms with Crippen molar-refractivity contribution in [3.05, 3.63) is 53.0 Å². The lowest BCUT2D eigenvalue weighted by atomic mass is 9.87. The van der Waals surface area contributed by atoms with Crippen molar-refractivity contribution >= 4 is 5.82 Å². The van der Waals surface area contributed by atoms with E-state index < -0.39 is 0 Å². The van der Waals surface area contributed by atoms with Gasteiger partial charge in [-0.3, -0.25) is 0 Å². The van der Waals surface area contributed by atoms with Crippen molar-refractivity contribution in [3.8, 4) is 0 Å². The number of hydrogen-bond acceptors (Lipinski definition) is 4. The normalized spacial score (nSPS) is 20.8. The quantitative estimate of drug-likeness (QED) is 0.917. The van der Waals surface area contributed by atoms with Crippen LogP contribution in [-0.4, -0.2) is 35.1 Å². The van der Waals surface area contributed by atoms with Crippen LogP contribution in [-0.2, 0) is 19.3 Å². The molecule has 0 amide bonds. The molecule has 1 aromatic heterocycles. The zero-order chi connectivity index (χ0) is 17.9. The van der Waals surface area contributed by atoms with Crippen LogP contribution >= 0.6 is 0 Å². The molecule has 0 unspecified atom stereocenters. The van der Waals surface area contributed by atoms with E-state index in [2.05, 4.69) is 46.4 Å². The molecule has 4 heteroatoms. The van der Waals surface area contributed by atoms with E-state index in [-0.39, 0.29) is 0 Å². The molecular weight excluding hydrogens is 320 g/mol. The van der Waals surface area contributed by atoms with Crippen LogP contribution in [0.1, 0.15) is 48.7 Å². The molecule has 1 atom stereocenters. The van der Waals surface area contributed by atoms with Gasteiger partial charge in [0, 0.05) is 36.9 Å². The Balaban J connectivity index is 1.34. The summed E-state index contributed by atoms with van der Waals surface area (Å²) in [5.74, 6) is 2.03. The molecule has 1 aromatic carbocycles. The maximum absolute atomic E-state index is 4.73. The Morgan fingerprint density at radius 3 is 2.62 bits per heavy atom. The highest BCUT2D eigenvalue weighted by Gasteiger charge is 2.25. The van der Waals surface area contributed by atoms with Crippen molar-refractivity contribution in [3.63, 3.8) is 0 Å². The number of aromatic nitrogens is 2. The number of fused-ring (bicyclic) bond motifs is 1. The van der Waals surface area contributed by atoms with E-state index in [0.717, 1.165) is 31.2 Å². The van der Waals surface area contributed by atoms with Crippen molar-refractivity contribution in [1.82, 2.24) is 15.3 Å². The van der Waals surface area contributed by atoms with Crippen LogP contribution in [0.4, 0.5) is 5.82 Å². The maximum atomic E-state index is 4.73. The summed E-state index contributed by atoms with van der Waals surface area (Å²) in [6.07, 6.45) is 9.06. The number of nitrogens with zero attached hydrogens (tertiary/aromatic N) is 3. The molecule has 1 N–H and O–H groups in total. The fourth-order valence-corrected chi connectivity index (χ4v) is 4.44. The summed E-state index contributed by atoms with van der Waals surface area (Å²) < 4.78 is 0. The Hall–Kier alpha value is -1.94. The number of nitrogens with one attached hydrogen (secondary N) is 1. The first-order chi connectivity index (χ1) is 12.7. The number of benzene rings is 1. The van der Waals surface area contributed by atoms with Gasteiger partial charge in [0.1, 0.15) is 11.6 Å². The van der Waals surface area contributed by atoms with Crippen LogP contribution in [0.25, 0.3) is 0 Å². The van der Waals surface area contributed by atoms with Gasteiger partial charge in [-0.15, -0.1) is 0 Å². The lowest BCUT2D eigenvalue weighted by molar-refractivity contribution is 0.344. The van der Waals surface area contributed by atoms with Gasteiger partial charge in [-0.25, -0.2) is 9.97 Å². The molecule has 0 bridgehead atoms. The predicted octanol–water partition coefficient (Wildman–Crippen LogP) is 3.46. The second-order valence-corrected chi connectivity index (χ2v) is 7.76. The Labute approximate surface area is 157 Å². The number of rotatable bonds is 4. The van der Waals surface area contributed by atoms with Crippen LogP contribution in [0.3, 0.4) is 0 Å². The fourth-order valence-electron chi connectivity index (χ4n) is 4.44. The number of aryl methyl sites for hydroxylation is 3. The van der Waals surface area contributed by atoms with Gasteiger partial charge in [0.2, 0.25) is 0 Å². The van der Waals surface area contributed by atoms with E-state index in [1.165, 1.54) is 43.2 Å². The largest absolute Gasteiger partial charge is 0.356 e. The molecule has 26 heavy (non-hydrogen) atoms. The molecule has 138 valence electrons. The third kappa shape index (κ3) is 3.75. The van der Waals surface area contributed by atoms with Gasteiger partial charge >= 0.3 is 0 Å². The van der Waals surface area contributed by atoms with Crippen LogP contribution < -0.4 is 10.2 Å². The van der Waals surface area contributed by atoms with E-state index in [1.807, 2.05) is 13.1 Å². The van der Waals surface area contributed by atoms with E-state index >= 15 is 0 Å². The Morgan fingerprint density at radius 1 is 1.08 bits per heavy atom. The number of anilines is 1. The highest BCUT2D eigenvalue weighted by atomic mass is 15.2. The summed E-state index contributed by atoms with van der Waals surface area (Å²) in [7, 11) is 0. The second-order valence-electron chi connectivity index (χ2n) is 7.76. The van der Waals surface area contributed by atoms with Crippen LogP contribution in [0.2, 0.25) is 0 Å². The molecule has 2 heterocycles. The minimum atomic E-state index is 0.633. The summed E-state index contributed by atoms with van der Waals surface area (Å²) in [6, 6.07) is 10.2. The third-order valence-electron chi connectivity index (χ3n) is 5.96. The van der Waals surface area contributed by atoms with Crippen molar-refractivity contribution in [2.45, 2.75) is 64.5 Å². The molecule has 1 saturated heterocycles. The van der Waals surface area contributed by atoms with Gasteiger partial charge in [-0.1, -0.05) is 31.2 Å². The molecule has 4 rings (SSSR count). The Bertz CT molecular complexity index is 750. The Morgan fingerprint density at radius 2 is 1.85 bits per heavy atom. The molecule has 2 aromatic rings. The van der Waals surface area contributed by atoms with Crippen LogP contribution in [0, 0.1) is 6.92 Å². The van der Waals surface area contributed by atoms with Gasteiger partial charge in [0.05, 0.1) is 0 Å². The Kier molecular flexibility index (Phi) is 5.21. The standard InChI is InChI=1S/C22H30N4/c1-3-17-15-23-16(2)24-22(17)26-12-10-20(11-13-26)25-21-9-8-18-6-4-5-7-19(18)14-21/h4-7,15,20-21,25H,3,8-14H2,1-2H3/t21-/m0/s1. The van der Waals surface area contributed by atoms with Crippen LogP contribution in [0.5, 0.6) is 0 Å². The van der Waals surface area contributed by atoms with Gasteiger partial charge in [-0.05, 0) is 56.6 Å². The van der Waals surface area contributed by atoms with Crippen LogP contribution in [0.15, 0.2) is 30.5 Å². The minimum Gasteiger partial charge on any atom is -0.356 e. The highest BCUT2D eigenvalue weighted by molar-refractivity contribution is 5.46. The first-order valence-corrected chi connectivity index (χ1v) is 10.1. The molecule has 0 spiro atoms. The van der Waals surface area contributed by atoms with E-state index in [9.17, 15) is 0 Å². The SMILES string of the molecule is CCc1cnc(C)nc1N1CCC(N[C@H]2CCc3ccccc3C2)CC1. The molecular formula is C22H30N4. The van der Waals surface area contributed by atoms with Gasteiger partial charge in [0.15, 0.2) is 0 Å². The smallest absolute Gasteiger partial charge is 0.135 e. The summed E-state index contributed by atoms with van der Waals surface area (Å²) in [6.45, 7) is 6.35. The van der Waals surface area contributed by atoms with E-state index in [0.29, 0.717) is 12.1 Å². The van der Waals surface area contributed by atoms with E-state index in [4.69, 9.17) is 4.98 Å². The first-order valence-electron chi connectivity index (χ1n) is 10.1. The molecule has 1 aliphatic heterocycles. The van der Waals surface area contributed by atoms with Crippen molar-refractivity contribution < 1.29 is 0 Å². The van der Waals surface area contributed by atoms with Crippen molar-refractivity contribution in [2.24, 2.45) is 0 Å².